The van der Waals surface area contributed by atoms with Gasteiger partial charge >= 0.3 is 0 Å². The van der Waals surface area contributed by atoms with Crippen LogP contribution in [0.3, 0.4) is 0 Å². The molecule has 0 spiro atoms. The molecule has 5 heteroatoms. The second-order valence-electron chi connectivity index (χ2n) is 4.89. The molecule has 1 saturated heterocycles. The van der Waals surface area contributed by atoms with E-state index in [4.69, 9.17) is 19.9 Å². The highest BCUT2D eigenvalue weighted by molar-refractivity contribution is 4.87. The molecule has 1 heterocycles. The molecule has 0 saturated carbocycles. The van der Waals surface area contributed by atoms with Crippen molar-refractivity contribution in [2.75, 3.05) is 33.9 Å². The summed E-state index contributed by atoms with van der Waals surface area (Å²) in [6.07, 6.45) is 3.12. The van der Waals surface area contributed by atoms with E-state index in [9.17, 15) is 0 Å². The van der Waals surface area contributed by atoms with E-state index in [1.54, 1.807) is 14.2 Å². The van der Waals surface area contributed by atoms with Gasteiger partial charge in [-0.05, 0) is 19.8 Å². The topological polar surface area (TPSA) is 65.7 Å². The highest BCUT2D eigenvalue weighted by atomic mass is 16.7. The summed E-state index contributed by atoms with van der Waals surface area (Å²) < 4.78 is 16.0. The lowest BCUT2D eigenvalue weighted by atomic mass is 9.97. The molecule has 0 aliphatic carbocycles. The van der Waals surface area contributed by atoms with Crippen molar-refractivity contribution in [2.45, 2.75) is 44.1 Å². The predicted molar refractivity (Wildman–Crippen MR) is 66.9 cm³/mol. The summed E-state index contributed by atoms with van der Waals surface area (Å²) in [4.78, 5) is 0. The van der Waals surface area contributed by atoms with Gasteiger partial charge in [0.25, 0.3) is 0 Å². The molecule has 2 unspecified atom stereocenters. The van der Waals surface area contributed by atoms with E-state index in [0.717, 1.165) is 32.4 Å². The van der Waals surface area contributed by atoms with E-state index in [0.29, 0.717) is 12.6 Å². The van der Waals surface area contributed by atoms with Gasteiger partial charge < -0.3 is 25.3 Å². The first kappa shape index (κ1) is 14.9. The van der Waals surface area contributed by atoms with Gasteiger partial charge in [0.1, 0.15) is 0 Å². The third-order valence-corrected chi connectivity index (χ3v) is 3.37. The standard InChI is InChI=1S/C12H26N2O3/c1-12(9-13,7-11(15-2)16-3)14-8-10-5-4-6-17-10/h10-11,14H,4-9,13H2,1-3H3. The van der Waals surface area contributed by atoms with Crippen LogP contribution >= 0.6 is 0 Å². The zero-order valence-electron chi connectivity index (χ0n) is 11.2. The highest BCUT2D eigenvalue weighted by Crippen LogP contribution is 2.16. The number of ether oxygens (including phenoxy) is 3. The maximum absolute atomic E-state index is 5.84. The molecule has 1 fully saturated rings. The fraction of sp³-hybridized carbons (Fsp3) is 1.00. The molecule has 5 nitrogen and oxygen atoms in total. The van der Waals surface area contributed by atoms with Crippen LogP contribution in [0.4, 0.5) is 0 Å². The minimum absolute atomic E-state index is 0.178. The molecule has 17 heavy (non-hydrogen) atoms. The number of rotatable bonds is 8. The normalized spacial score (nSPS) is 24.2. The smallest absolute Gasteiger partial charge is 0.158 e. The Labute approximate surface area is 104 Å². The van der Waals surface area contributed by atoms with E-state index in [2.05, 4.69) is 12.2 Å². The number of methoxy groups -OCH3 is 2. The summed E-state index contributed by atoms with van der Waals surface area (Å²) in [6.45, 7) is 4.36. The van der Waals surface area contributed by atoms with Crippen molar-refractivity contribution < 1.29 is 14.2 Å². The highest BCUT2D eigenvalue weighted by Gasteiger charge is 2.28. The number of nitrogens with two attached hydrogens (primary N) is 1. The molecule has 0 aromatic heterocycles. The summed E-state index contributed by atoms with van der Waals surface area (Å²) in [6, 6.07) is 0. The fourth-order valence-corrected chi connectivity index (χ4v) is 2.02. The monoisotopic (exact) mass is 246 g/mol. The van der Waals surface area contributed by atoms with Gasteiger partial charge in [0, 0.05) is 45.9 Å². The molecule has 1 aliphatic heterocycles. The Morgan fingerprint density at radius 1 is 1.47 bits per heavy atom. The van der Waals surface area contributed by atoms with Crippen LogP contribution in [0.25, 0.3) is 0 Å². The first-order chi connectivity index (χ1) is 8.13. The predicted octanol–water partition coefficient (Wildman–Crippen LogP) is 0.481. The lowest BCUT2D eigenvalue weighted by Gasteiger charge is -2.33. The second-order valence-corrected chi connectivity index (χ2v) is 4.89. The van der Waals surface area contributed by atoms with Gasteiger partial charge in [0.15, 0.2) is 6.29 Å². The first-order valence-electron chi connectivity index (χ1n) is 6.26. The minimum atomic E-state index is -0.222. The van der Waals surface area contributed by atoms with Crippen molar-refractivity contribution >= 4 is 0 Å². The van der Waals surface area contributed by atoms with Gasteiger partial charge in [-0.3, -0.25) is 0 Å². The van der Waals surface area contributed by atoms with Crippen molar-refractivity contribution in [3.8, 4) is 0 Å². The van der Waals surface area contributed by atoms with Crippen LogP contribution in [0.1, 0.15) is 26.2 Å². The van der Waals surface area contributed by atoms with Crippen LogP contribution < -0.4 is 11.1 Å². The van der Waals surface area contributed by atoms with Crippen LogP contribution in [0.2, 0.25) is 0 Å². The zero-order valence-corrected chi connectivity index (χ0v) is 11.2. The molecule has 0 radical (unpaired) electrons. The lowest BCUT2D eigenvalue weighted by Crippen LogP contribution is -2.53. The van der Waals surface area contributed by atoms with Crippen molar-refractivity contribution in [1.29, 1.82) is 0 Å². The zero-order chi connectivity index (χ0) is 12.7. The van der Waals surface area contributed by atoms with Gasteiger partial charge in [-0.15, -0.1) is 0 Å². The largest absolute Gasteiger partial charge is 0.377 e. The van der Waals surface area contributed by atoms with Crippen LogP contribution in [0, 0.1) is 0 Å². The third kappa shape index (κ3) is 4.89. The Hall–Kier alpha value is -0.200. The van der Waals surface area contributed by atoms with Gasteiger partial charge in [-0.25, -0.2) is 0 Å². The van der Waals surface area contributed by atoms with E-state index >= 15 is 0 Å². The van der Waals surface area contributed by atoms with Crippen LogP contribution in [-0.4, -0.2) is 51.8 Å². The number of hydrogen-bond donors (Lipinski definition) is 2. The summed E-state index contributed by atoms with van der Waals surface area (Å²) in [7, 11) is 3.29. The van der Waals surface area contributed by atoms with Crippen LogP contribution in [0.5, 0.6) is 0 Å². The van der Waals surface area contributed by atoms with Gasteiger partial charge in [0.05, 0.1) is 6.10 Å². The van der Waals surface area contributed by atoms with Crippen molar-refractivity contribution in [2.24, 2.45) is 5.73 Å². The Morgan fingerprint density at radius 3 is 2.65 bits per heavy atom. The Kier molecular flexibility index (Phi) is 6.37. The molecule has 3 N–H and O–H groups in total. The summed E-state index contributed by atoms with van der Waals surface area (Å²) in [5.74, 6) is 0. The molecule has 0 amide bonds. The molecule has 0 bridgehead atoms. The molecule has 0 aromatic rings. The number of nitrogens with one attached hydrogen (secondary N) is 1. The third-order valence-electron chi connectivity index (χ3n) is 3.37. The molecule has 1 rings (SSSR count). The Bertz CT molecular complexity index is 206. The average Bonchev–Trinajstić information content (AvgIpc) is 2.87. The Morgan fingerprint density at radius 2 is 2.18 bits per heavy atom. The average molecular weight is 246 g/mol. The first-order valence-corrected chi connectivity index (χ1v) is 6.26. The molecule has 1 aliphatic rings. The van der Waals surface area contributed by atoms with Crippen LogP contribution in [-0.2, 0) is 14.2 Å². The summed E-state index contributed by atoms with van der Waals surface area (Å²) in [5, 5.41) is 3.48. The Balaban J connectivity index is 2.37. The van der Waals surface area contributed by atoms with E-state index in [1.165, 1.54) is 0 Å². The quantitative estimate of drug-likeness (QED) is 0.610. The van der Waals surface area contributed by atoms with Gasteiger partial charge in [-0.1, -0.05) is 0 Å². The molecule has 102 valence electrons. The van der Waals surface area contributed by atoms with Crippen molar-refractivity contribution in [1.82, 2.24) is 5.32 Å². The SMILES string of the molecule is COC(CC(C)(CN)NCC1CCCO1)OC. The molecule has 0 aromatic carbocycles. The summed E-state index contributed by atoms with van der Waals surface area (Å²) in [5.41, 5.74) is 5.66. The maximum Gasteiger partial charge on any atom is 0.158 e. The molecule has 2 atom stereocenters. The second kappa shape index (κ2) is 7.28. The summed E-state index contributed by atoms with van der Waals surface area (Å²) >= 11 is 0. The van der Waals surface area contributed by atoms with Gasteiger partial charge in [-0.2, -0.15) is 0 Å². The maximum atomic E-state index is 5.84. The van der Waals surface area contributed by atoms with Crippen molar-refractivity contribution in [3.63, 3.8) is 0 Å². The minimum Gasteiger partial charge on any atom is -0.377 e. The van der Waals surface area contributed by atoms with Crippen molar-refractivity contribution in [3.05, 3.63) is 0 Å². The van der Waals surface area contributed by atoms with E-state index in [1.807, 2.05) is 0 Å². The van der Waals surface area contributed by atoms with Crippen LogP contribution in [0.15, 0.2) is 0 Å². The molecular formula is C12H26N2O3. The molecular weight excluding hydrogens is 220 g/mol. The van der Waals surface area contributed by atoms with E-state index < -0.39 is 0 Å². The lowest BCUT2D eigenvalue weighted by molar-refractivity contribution is -0.117. The van der Waals surface area contributed by atoms with Gasteiger partial charge in [0.2, 0.25) is 0 Å². The number of hydrogen-bond acceptors (Lipinski definition) is 5. The fourth-order valence-electron chi connectivity index (χ4n) is 2.02. The van der Waals surface area contributed by atoms with E-state index in [-0.39, 0.29) is 11.8 Å².